The normalized spacial score (nSPS) is 21.5. The Morgan fingerprint density at radius 2 is 1.96 bits per heavy atom. The molecule has 0 bridgehead atoms. The van der Waals surface area contributed by atoms with Crippen molar-refractivity contribution < 1.29 is 19.1 Å². The molecule has 148 valence electrons. The monoisotopic (exact) mass is 401 g/mol. The summed E-state index contributed by atoms with van der Waals surface area (Å²) in [5.41, 5.74) is 7.34. The van der Waals surface area contributed by atoms with Crippen LogP contribution in [0.15, 0.2) is 40.7 Å². The smallest absolute Gasteiger partial charge is 0.339 e. The molecule has 0 fully saturated rings. The predicted octanol–water partition coefficient (Wildman–Crippen LogP) is 2.46. The van der Waals surface area contributed by atoms with E-state index in [1.165, 1.54) is 0 Å². The SMILES string of the molecule is CCOC(=O)C1=C(N)N=C(CC)C(C(=O)OCC)C1(S)c1cccc(C#N)c1. The summed E-state index contributed by atoms with van der Waals surface area (Å²) in [6.07, 6.45) is 0.403. The molecule has 2 unspecified atom stereocenters. The first-order valence-electron chi connectivity index (χ1n) is 8.99. The summed E-state index contributed by atoms with van der Waals surface area (Å²) in [6, 6.07) is 8.59. The van der Waals surface area contributed by atoms with Gasteiger partial charge in [-0.3, -0.25) is 4.79 Å². The van der Waals surface area contributed by atoms with Gasteiger partial charge in [0, 0.05) is 5.71 Å². The molecule has 0 saturated carbocycles. The molecule has 8 heteroatoms. The molecule has 0 spiro atoms. The van der Waals surface area contributed by atoms with E-state index in [4.69, 9.17) is 27.8 Å². The zero-order valence-electron chi connectivity index (χ0n) is 16.1. The van der Waals surface area contributed by atoms with Crippen LogP contribution in [0.1, 0.15) is 38.3 Å². The number of benzene rings is 1. The van der Waals surface area contributed by atoms with Gasteiger partial charge in [0.05, 0.1) is 29.6 Å². The first-order chi connectivity index (χ1) is 13.3. The van der Waals surface area contributed by atoms with Crippen LogP contribution in [0.4, 0.5) is 0 Å². The first-order valence-corrected chi connectivity index (χ1v) is 9.44. The van der Waals surface area contributed by atoms with Crippen LogP contribution in [0.5, 0.6) is 0 Å². The van der Waals surface area contributed by atoms with Gasteiger partial charge in [-0.15, -0.1) is 0 Å². The Morgan fingerprint density at radius 3 is 2.54 bits per heavy atom. The Kier molecular flexibility index (Phi) is 6.86. The van der Waals surface area contributed by atoms with Crippen molar-refractivity contribution in [3.63, 3.8) is 0 Å². The van der Waals surface area contributed by atoms with E-state index < -0.39 is 22.6 Å². The van der Waals surface area contributed by atoms with E-state index in [1.54, 1.807) is 38.1 Å². The van der Waals surface area contributed by atoms with Crippen LogP contribution in [0.3, 0.4) is 0 Å². The Bertz CT molecular complexity index is 888. The van der Waals surface area contributed by atoms with Crippen LogP contribution in [-0.4, -0.2) is 30.9 Å². The van der Waals surface area contributed by atoms with E-state index in [0.717, 1.165) is 0 Å². The van der Waals surface area contributed by atoms with Crippen LogP contribution in [0.25, 0.3) is 0 Å². The minimum Gasteiger partial charge on any atom is -0.465 e. The van der Waals surface area contributed by atoms with Crippen molar-refractivity contribution in [2.75, 3.05) is 13.2 Å². The number of thiol groups is 1. The molecule has 0 saturated heterocycles. The highest BCUT2D eigenvalue weighted by molar-refractivity contribution is 7.81. The molecule has 2 rings (SSSR count). The van der Waals surface area contributed by atoms with Crippen LogP contribution >= 0.6 is 12.6 Å². The van der Waals surface area contributed by atoms with Gasteiger partial charge in [-0.1, -0.05) is 19.1 Å². The van der Waals surface area contributed by atoms with E-state index >= 15 is 0 Å². The number of hydrogen-bond donors (Lipinski definition) is 2. The Morgan fingerprint density at radius 1 is 1.29 bits per heavy atom. The molecule has 2 atom stereocenters. The second-order valence-corrected chi connectivity index (χ2v) is 6.79. The minimum atomic E-state index is -1.50. The number of nitrogens with two attached hydrogens (primary N) is 1. The third-order valence-corrected chi connectivity index (χ3v) is 5.19. The van der Waals surface area contributed by atoms with Gasteiger partial charge in [0.1, 0.15) is 17.3 Å². The molecule has 0 aliphatic carbocycles. The molecule has 28 heavy (non-hydrogen) atoms. The lowest BCUT2D eigenvalue weighted by Gasteiger charge is -2.40. The van der Waals surface area contributed by atoms with Gasteiger partial charge in [-0.2, -0.15) is 17.9 Å². The van der Waals surface area contributed by atoms with Crippen LogP contribution in [0, 0.1) is 17.2 Å². The number of ether oxygens (including phenoxy) is 2. The Labute approximate surface area is 169 Å². The van der Waals surface area contributed by atoms with E-state index in [9.17, 15) is 14.9 Å². The van der Waals surface area contributed by atoms with Crippen LogP contribution in [0.2, 0.25) is 0 Å². The average molecular weight is 401 g/mol. The van der Waals surface area contributed by atoms with Gasteiger partial charge in [-0.05, 0) is 38.0 Å². The number of carbonyl (C=O) groups excluding carboxylic acids is 2. The largest absolute Gasteiger partial charge is 0.465 e. The van der Waals surface area contributed by atoms with Gasteiger partial charge in [0.2, 0.25) is 0 Å². The fraction of sp³-hybridized carbons (Fsp3) is 0.400. The van der Waals surface area contributed by atoms with E-state index in [2.05, 4.69) is 11.1 Å². The highest BCUT2D eigenvalue weighted by Crippen LogP contribution is 2.48. The molecule has 0 radical (unpaired) electrons. The molecule has 1 heterocycles. The van der Waals surface area contributed by atoms with Crippen molar-refractivity contribution in [3.8, 4) is 6.07 Å². The number of nitriles is 1. The molecule has 0 aromatic heterocycles. The highest BCUT2D eigenvalue weighted by atomic mass is 32.1. The zero-order chi connectivity index (χ0) is 20.9. The van der Waals surface area contributed by atoms with Crippen molar-refractivity contribution in [1.82, 2.24) is 0 Å². The summed E-state index contributed by atoms with van der Waals surface area (Å²) in [5, 5.41) is 9.29. The van der Waals surface area contributed by atoms with Gasteiger partial charge >= 0.3 is 11.9 Å². The van der Waals surface area contributed by atoms with Gasteiger partial charge < -0.3 is 15.2 Å². The maximum Gasteiger partial charge on any atom is 0.339 e. The van der Waals surface area contributed by atoms with E-state index in [-0.39, 0.29) is 24.6 Å². The Balaban J connectivity index is 2.83. The fourth-order valence-corrected chi connectivity index (χ4v) is 3.87. The first kappa shape index (κ1) is 21.5. The second-order valence-electron chi connectivity index (χ2n) is 6.08. The standard InChI is InChI=1S/C20H23N3O4S/c1-4-14-15(18(24)26-5-2)20(28,13-9-7-8-12(10-13)11-21)16(17(22)23-14)19(25)27-6-3/h7-10,15,28H,4-6,22H2,1-3H3. The van der Waals surface area contributed by atoms with Crippen LogP contribution in [-0.2, 0) is 23.8 Å². The van der Waals surface area contributed by atoms with Crippen molar-refractivity contribution in [2.24, 2.45) is 16.6 Å². The van der Waals surface area contributed by atoms with Crippen LogP contribution < -0.4 is 5.73 Å². The maximum absolute atomic E-state index is 12.9. The molecule has 7 nitrogen and oxygen atoms in total. The summed E-state index contributed by atoms with van der Waals surface area (Å²) in [5.74, 6) is -2.35. The number of esters is 2. The van der Waals surface area contributed by atoms with Crippen molar-refractivity contribution in [2.45, 2.75) is 31.9 Å². The van der Waals surface area contributed by atoms with Gasteiger partial charge in [0.15, 0.2) is 0 Å². The number of nitrogens with zero attached hydrogens (tertiary/aromatic N) is 2. The molecule has 1 aliphatic heterocycles. The summed E-state index contributed by atoms with van der Waals surface area (Å²) < 4.78 is 8.93. The fourth-order valence-electron chi connectivity index (χ4n) is 3.27. The molecular formula is C20H23N3O4S. The molecule has 0 amide bonds. The van der Waals surface area contributed by atoms with Crippen molar-refractivity contribution >= 4 is 30.3 Å². The molecule has 2 N–H and O–H groups in total. The number of hydrogen-bond acceptors (Lipinski definition) is 8. The lowest BCUT2D eigenvalue weighted by atomic mass is 9.74. The van der Waals surface area contributed by atoms with Crippen molar-refractivity contribution in [3.05, 3.63) is 46.8 Å². The number of aliphatic imine (C=N–C) groups is 1. The lowest BCUT2D eigenvalue weighted by Crippen LogP contribution is -2.48. The molecule has 1 aliphatic rings. The number of rotatable bonds is 6. The van der Waals surface area contributed by atoms with Gasteiger partial charge in [-0.25, -0.2) is 9.79 Å². The molecule has 1 aromatic rings. The summed E-state index contributed by atoms with van der Waals surface area (Å²) in [7, 11) is 0. The predicted molar refractivity (Wildman–Crippen MR) is 108 cm³/mol. The molecular weight excluding hydrogens is 378 g/mol. The lowest BCUT2D eigenvalue weighted by molar-refractivity contribution is -0.146. The van der Waals surface area contributed by atoms with Crippen molar-refractivity contribution in [1.29, 1.82) is 5.26 Å². The maximum atomic E-state index is 12.9. The minimum absolute atomic E-state index is 0.0389. The third kappa shape index (κ3) is 3.76. The quantitative estimate of drug-likeness (QED) is 0.559. The summed E-state index contributed by atoms with van der Waals surface area (Å²) in [6.45, 7) is 5.45. The summed E-state index contributed by atoms with van der Waals surface area (Å²) in [4.78, 5) is 30.0. The second kappa shape index (κ2) is 8.93. The number of carbonyl (C=O) groups is 2. The topological polar surface area (TPSA) is 115 Å². The zero-order valence-corrected chi connectivity index (χ0v) is 17.0. The summed E-state index contributed by atoms with van der Waals surface area (Å²) >= 11 is 4.82. The molecule has 1 aromatic carbocycles. The van der Waals surface area contributed by atoms with Gasteiger partial charge in [0.25, 0.3) is 0 Å². The highest BCUT2D eigenvalue weighted by Gasteiger charge is 2.54. The Hall–Kier alpha value is -2.79. The van der Waals surface area contributed by atoms with E-state index in [1.807, 2.05) is 6.92 Å². The average Bonchev–Trinajstić information content (AvgIpc) is 2.67. The van der Waals surface area contributed by atoms with E-state index in [0.29, 0.717) is 23.3 Å². The third-order valence-electron chi connectivity index (χ3n) is 4.45.